The molecule has 0 aliphatic carbocycles. The number of piperazine rings is 1. The fourth-order valence-electron chi connectivity index (χ4n) is 4.66. The Bertz CT molecular complexity index is 1030. The number of hydrazone groups is 1. The molecule has 33 heavy (non-hydrogen) atoms. The number of benzene rings is 2. The molecular formula is C25H33N5O3. The highest BCUT2D eigenvalue weighted by Crippen LogP contribution is 2.34. The minimum Gasteiger partial charge on any atom is -0.493 e. The summed E-state index contributed by atoms with van der Waals surface area (Å²) in [5.41, 5.74) is 4.87. The lowest BCUT2D eigenvalue weighted by Crippen LogP contribution is -2.54. The minimum absolute atomic E-state index is 0.236. The van der Waals surface area contributed by atoms with Crippen molar-refractivity contribution in [3.63, 3.8) is 0 Å². The molecule has 2 atom stereocenters. The Kier molecular flexibility index (Phi) is 6.74. The molecule has 4 rings (SSSR count). The van der Waals surface area contributed by atoms with Crippen LogP contribution in [0, 0.1) is 0 Å². The van der Waals surface area contributed by atoms with Crippen LogP contribution in [0.2, 0.25) is 0 Å². The van der Waals surface area contributed by atoms with E-state index in [1.54, 1.807) is 21.3 Å². The summed E-state index contributed by atoms with van der Waals surface area (Å²) in [4.78, 5) is 14.9. The molecule has 1 fully saturated rings. The van der Waals surface area contributed by atoms with E-state index in [0.29, 0.717) is 36.5 Å². The van der Waals surface area contributed by atoms with Crippen molar-refractivity contribution in [2.24, 2.45) is 5.10 Å². The smallest absolute Gasteiger partial charge is 0.337 e. The van der Waals surface area contributed by atoms with Crippen LogP contribution < -0.4 is 25.0 Å². The molecule has 0 saturated carbocycles. The summed E-state index contributed by atoms with van der Waals surface area (Å²) >= 11 is 0. The molecule has 8 nitrogen and oxygen atoms in total. The van der Waals surface area contributed by atoms with E-state index in [-0.39, 0.29) is 6.03 Å². The van der Waals surface area contributed by atoms with Crippen molar-refractivity contribution in [3.05, 3.63) is 53.1 Å². The van der Waals surface area contributed by atoms with Gasteiger partial charge in [-0.05, 0) is 50.1 Å². The number of nitrogens with one attached hydrogen (secondary N) is 2. The van der Waals surface area contributed by atoms with Gasteiger partial charge in [-0.3, -0.25) is 0 Å². The van der Waals surface area contributed by atoms with Gasteiger partial charge in [0.05, 0.1) is 26.5 Å². The quantitative estimate of drug-likeness (QED) is 0.748. The number of hydrogen-bond donors (Lipinski definition) is 2. The number of nitrogens with zero attached hydrogens (tertiary/aromatic N) is 3. The Morgan fingerprint density at radius 1 is 1.06 bits per heavy atom. The van der Waals surface area contributed by atoms with Crippen LogP contribution in [0.5, 0.6) is 11.5 Å². The van der Waals surface area contributed by atoms with Gasteiger partial charge in [-0.1, -0.05) is 12.1 Å². The summed E-state index contributed by atoms with van der Waals surface area (Å²) in [5.74, 6) is 1.30. The number of carbonyl (C=O) groups excluding carboxylic acids is 1. The fraction of sp³-hybridized carbons (Fsp3) is 0.440. The van der Waals surface area contributed by atoms with E-state index in [2.05, 4.69) is 53.6 Å². The van der Waals surface area contributed by atoms with Crippen LogP contribution in [0.3, 0.4) is 0 Å². The number of rotatable bonds is 4. The number of anilines is 1. The Hall–Kier alpha value is -3.26. The predicted molar refractivity (Wildman–Crippen MR) is 131 cm³/mol. The Morgan fingerprint density at radius 2 is 1.70 bits per heavy atom. The summed E-state index contributed by atoms with van der Waals surface area (Å²) in [6.45, 7) is 6.83. The number of fused-ring (bicyclic) bond motifs is 1. The third kappa shape index (κ3) is 4.75. The third-order valence-corrected chi connectivity index (χ3v) is 6.19. The average molecular weight is 452 g/mol. The first-order chi connectivity index (χ1) is 15.9. The largest absolute Gasteiger partial charge is 0.493 e. The molecule has 8 heteroatoms. The molecule has 2 aromatic rings. The SMILES string of the molecule is CNC(=O)N1CCc2cc(OC)c(OC)cc2C(c2ccc(N3CC(C)NC(C)C3)cc2)=N1. The van der Waals surface area contributed by atoms with E-state index >= 15 is 0 Å². The summed E-state index contributed by atoms with van der Waals surface area (Å²) in [6.07, 6.45) is 0.657. The summed E-state index contributed by atoms with van der Waals surface area (Å²) in [5, 5.41) is 12.5. The molecule has 2 amide bonds. The molecule has 0 radical (unpaired) electrons. The molecular weight excluding hydrogens is 418 g/mol. The van der Waals surface area contributed by atoms with Gasteiger partial charge in [0.15, 0.2) is 11.5 Å². The number of carbonyl (C=O) groups is 1. The van der Waals surface area contributed by atoms with Gasteiger partial charge in [0.25, 0.3) is 0 Å². The van der Waals surface area contributed by atoms with Gasteiger partial charge in [0.1, 0.15) is 0 Å². The predicted octanol–water partition coefficient (Wildman–Crippen LogP) is 2.84. The Balaban J connectivity index is 1.74. The second-order valence-corrected chi connectivity index (χ2v) is 8.66. The van der Waals surface area contributed by atoms with Gasteiger partial charge in [-0.25, -0.2) is 9.80 Å². The van der Waals surface area contributed by atoms with E-state index < -0.39 is 0 Å². The molecule has 1 saturated heterocycles. The molecule has 2 unspecified atom stereocenters. The molecule has 2 aliphatic rings. The van der Waals surface area contributed by atoms with Crippen molar-refractivity contribution >= 4 is 17.4 Å². The maximum absolute atomic E-state index is 12.5. The zero-order chi connectivity index (χ0) is 23.5. The van der Waals surface area contributed by atoms with Gasteiger partial charge in [-0.15, -0.1) is 0 Å². The molecule has 2 N–H and O–H groups in total. The van der Waals surface area contributed by atoms with E-state index in [9.17, 15) is 4.79 Å². The molecule has 2 heterocycles. The van der Waals surface area contributed by atoms with Crippen molar-refractivity contribution in [1.82, 2.24) is 15.6 Å². The summed E-state index contributed by atoms with van der Waals surface area (Å²) in [7, 11) is 4.87. The topological polar surface area (TPSA) is 78.4 Å². The van der Waals surface area contributed by atoms with Crippen LogP contribution in [0.15, 0.2) is 41.5 Å². The van der Waals surface area contributed by atoms with Crippen LogP contribution in [0.1, 0.15) is 30.5 Å². The highest BCUT2D eigenvalue weighted by molar-refractivity contribution is 6.14. The molecule has 2 aromatic carbocycles. The maximum Gasteiger partial charge on any atom is 0.337 e. The Morgan fingerprint density at radius 3 is 2.30 bits per heavy atom. The van der Waals surface area contributed by atoms with Crippen molar-refractivity contribution in [2.75, 3.05) is 45.8 Å². The number of urea groups is 1. The second kappa shape index (κ2) is 9.70. The highest BCUT2D eigenvalue weighted by atomic mass is 16.5. The minimum atomic E-state index is -0.236. The van der Waals surface area contributed by atoms with E-state index in [1.165, 1.54) is 10.7 Å². The van der Waals surface area contributed by atoms with E-state index in [0.717, 1.165) is 35.5 Å². The maximum atomic E-state index is 12.5. The van der Waals surface area contributed by atoms with Crippen molar-refractivity contribution in [1.29, 1.82) is 0 Å². The first kappa shape index (κ1) is 22.9. The third-order valence-electron chi connectivity index (χ3n) is 6.19. The van der Waals surface area contributed by atoms with Crippen molar-refractivity contribution < 1.29 is 14.3 Å². The van der Waals surface area contributed by atoms with E-state index in [1.807, 2.05) is 12.1 Å². The Labute approximate surface area is 195 Å². The van der Waals surface area contributed by atoms with Gasteiger partial charge in [0.2, 0.25) is 0 Å². The van der Waals surface area contributed by atoms with Gasteiger partial charge < -0.3 is 25.0 Å². The molecule has 0 aromatic heterocycles. The fourth-order valence-corrected chi connectivity index (χ4v) is 4.66. The standard InChI is InChI=1S/C25H33N5O3/c1-16-14-29(15-17(2)27-16)20-8-6-18(7-9-20)24-21-13-23(33-5)22(32-4)12-19(21)10-11-30(28-24)25(31)26-3/h6-9,12-13,16-17,27H,10-11,14-15H2,1-5H3,(H,26,31). The van der Waals surface area contributed by atoms with Gasteiger partial charge >= 0.3 is 6.03 Å². The molecule has 176 valence electrons. The molecule has 0 bridgehead atoms. The van der Waals surface area contributed by atoms with Crippen LogP contribution in [0.4, 0.5) is 10.5 Å². The lowest BCUT2D eigenvalue weighted by molar-refractivity contribution is 0.203. The zero-order valence-electron chi connectivity index (χ0n) is 20.0. The number of ether oxygens (including phenoxy) is 2. The van der Waals surface area contributed by atoms with E-state index in [4.69, 9.17) is 14.6 Å². The normalized spacial score (nSPS) is 20.5. The molecule has 2 aliphatic heterocycles. The number of methoxy groups -OCH3 is 2. The summed E-state index contributed by atoms with van der Waals surface area (Å²) < 4.78 is 11.1. The second-order valence-electron chi connectivity index (χ2n) is 8.66. The first-order valence-corrected chi connectivity index (χ1v) is 11.4. The van der Waals surface area contributed by atoms with Crippen molar-refractivity contribution in [3.8, 4) is 11.5 Å². The molecule has 0 spiro atoms. The van der Waals surface area contributed by atoms with Gasteiger partial charge in [0, 0.05) is 49.0 Å². The first-order valence-electron chi connectivity index (χ1n) is 11.4. The highest BCUT2D eigenvalue weighted by Gasteiger charge is 2.25. The van der Waals surface area contributed by atoms with Crippen molar-refractivity contribution in [2.45, 2.75) is 32.4 Å². The number of hydrogen-bond acceptors (Lipinski definition) is 6. The zero-order valence-corrected chi connectivity index (χ0v) is 20.0. The average Bonchev–Trinajstić information content (AvgIpc) is 3.01. The monoisotopic (exact) mass is 451 g/mol. The lowest BCUT2D eigenvalue weighted by Gasteiger charge is -2.37. The summed E-state index contributed by atoms with van der Waals surface area (Å²) in [6, 6.07) is 13.0. The lowest BCUT2D eigenvalue weighted by atomic mass is 9.95. The van der Waals surface area contributed by atoms with Crippen LogP contribution in [-0.4, -0.2) is 69.7 Å². The van der Waals surface area contributed by atoms with Gasteiger partial charge in [-0.2, -0.15) is 5.10 Å². The number of amides is 2. The van der Waals surface area contributed by atoms with Crippen LogP contribution in [-0.2, 0) is 6.42 Å². The van der Waals surface area contributed by atoms with Crippen LogP contribution >= 0.6 is 0 Å². The van der Waals surface area contributed by atoms with Crippen LogP contribution in [0.25, 0.3) is 0 Å².